The van der Waals surface area contributed by atoms with Gasteiger partial charge < -0.3 is 10.8 Å². The van der Waals surface area contributed by atoms with Crippen LogP contribution in [0.2, 0.25) is 0 Å². The molecule has 3 N–H and O–H groups in total. The van der Waals surface area contributed by atoms with Crippen molar-refractivity contribution >= 4 is 5.91 Å². The largest absolute Gasteiger partial charge is 0.385 e. The summed E-state index contributed by atoms with van der Waals surface area (Å²) >= 11 is 0. The maximum atomic E-state index is 11.1. The quantitative estimate of drug-likeness (QED) is 0.696. The molecule has 0 aliphatic carbocycles. The molecule has 1 amide bonds. The van der Waals surface area contributed by atoms with Gasteiger partial charge in [-0.2, -0.15) is 0 Å². The number of nitrogens with two attached hydrogens (primary N) is 1. The maximum Gasteiger partial charge on any atom is 0.220 e. The molecule has 3 heteroatoms. The van der Waals surface area contributed by atoms with Gasteiger partial charge in [0.1, 0.15) is 0 Å². The van der Waals surface area contributed by atoms with E-state index in [1.54, 1.807) is 0 Å². The molecule has 1 unspecified atom stereocenters. The Kier molecular flexibility index (Phi) is 5.86. The molecule has 1 aromatic rings. The second-order valence-corrected chi connectivity index (χ2v) is 4.85. The van der Waals surface area contributed by atoms with E-state index in [4.69, 9.17) is 5.73 Å². The van der Waals surface area contributed by atoms with Crippen molar-refractivity contribution in [3.63, 3.8) is 0 Å². The number of carbonyl (C=O) groups excluding carboxylic acids is 1. The van der Waals surface area contributed by atoms with Gasteiger partial charge in [-0.05, 0) is 12.0 Å². The SMILES string of the molecule is CCCCCCC(O)(CC(N)=O)c1ccccc1. The summed E-state index contributed by atoms with van der Waals surface area (Å²) in [6.07, 6.45) is 4.86. The van der Waals surface area contributed by atoms with E-state index in [0.717, 1.165) is 31.2 Å². The lowest BCUT2D eigenvalue weighted by Crippen LogP contribution is -2.32. The monoisotopic (exact) mass is 249 g/mol. The van der Waals surface area contributed by atoms with Crippen LogP contribution in [0.4, 0.5) is 0 Å². The molecule has 1 aromatic carbocycles. The highest BCUT2D eigenvalue weighted by molar-refractivity contribution is 5.75. The fourth-order valence-electron chi connectivity index (χ4n) is 2.22. The van der Waals surface area contributed by atoms with Crippen LogP contribution in [-0.2, 0) is 10.4 Å². The zero-order valence-corrected chi connectivity index (χ0v) is 11.1. The molecule has 0 aromatic heterocycles. The highest BCUT2D eigenvalue weighted by Crippen LogP contribution is 2.30. The Morgan fingerprint density at radius 1 is 1.22 bits per heavy atom. The van der Waals surface area contributed by atoms with Gasteiger partial charge in [-0.1, -0.05) is 62.9 Å². The van der Waals surface area contributed by atoms with E-state index in [2.05, 4.69) is 6.92 Å². The number of carbonyl (C=O) groups is 1. The van der Waals surface area contributed by atoms with E-state index >= 15 is 0 Å². The van der Waals surface area contributed by atoms with Crippen molar-refractivity contribution in [2.24, 2.45) is 5.73 Å². The van der Waals surface area contributed by atoms with E-state index in [1.807, 2.05) is 30.3 Å². The minimum Gasteiger partial charge on any atom is -0.385 e. The Hall–Kier alpha value is -1.35. The molecule has 0 fully saturated rings. The summed E-state index contributed by atoms with van der Waals surface area (Å²) in [5.41, 5.74) is 4.92. The van der Waals surface area contributed by atoms with E-state index in [1.165, 1.54) is 0 Å². The Morgan fingerprint density at radius 2 is 1.89 bits per heavy atom. The Morgan fingerprint density at radius 3 is 2.44 bits per heavy atom. The topological polar surface area (TPSA) is 63.3 Å². The molecule has 0 saturated carbocycles. The molecule has 0 heterocycles. The lowest BCUT2D eigenvalue weighted by atomic mass is 9.85. The second-order valence-electron chi connectivity index (χ2n) is 4.85. The van der Waals surface area contributed by atoms with Gasteiger partial charge in [0.05, 0.1) is 12.0 Å². The summed E-state index contributed by atoms with van der Waals surface area (Å²) in [4.78, 5) is 11.1. The van der Waals surface area contributed by atoms with E-state index < -0.39 is 11.5 Å². The molecule has 18 heavy (non-hydrogen) atoms. The molecule has 100 valence electrons. The maximum absolute atomic E-state index is 11.1. The van der Waals surface area contributed by atoms with E-state index in [9.17, 15) is 9.90 Å². The van der Waals surface area contributed by atoms with Crippen molar-refractivity contribution in [3.05, 3.63) is 35.9 Å². The number of hydrogen-bond acceptors (Lipinski definition) is 2. The normalized spacial score (nSPS) is 14.1. The first kappa shape index (κ1) is 14.7. The zero-order valence-electron chi connectivity index (χ0n) is 11.1. The molecular weight excluding hydrogens is 226 g/mol. The zero-order chi connectivity index (χ0) is 13.4. The van der Waals surface area contributed by atoms with Crippen LogP contribution in [0.25, 0.3) is 0 Å². The summed E-state index contributed by atoms with van der Waals surface area (Å²) in [6, 6.07) is 9.33. The molecule has 1 rings (SSSR count). The highest BCUT2D eigenvalue weighted by atomic mass is 16.3. The van der Waals surface area contributed by atoms with Crippen LogP contribution in [0, 0.1) is 0 Å². The number of primary amides is 1. The number of amides is 1. The molecular formula is C15H23NO2. The predicted molar refractivity (Wildman–Crippen MR) is 72.9 cm³/mol. The van der Waals surface area contributed by atoms with Crippen molar-refractivity contribution < 1.29 is 9.90 Å². The summed E-state index contributed by atoms with van der Waals surface area (Å²) in [5, 5.41) is 10.7. The second kappa shape index (κ2) is 7.17. The molecule has 0 bridgehead atoms. The van der Waals surface area contributed by atoms with Crippen LogP contribution in [0.3, 0.4) is 0 Å². The van der Waals surface area contributed by atoms with Crippen LogP contribution in [-0.4, -0.2) is 11.0 Å². The minimum atomic E-state index is -1.11. The average molecular weight is 249 g/mol. The number of aliphatic hydroxyl groups is 1. The third kappa shape index (κ3) is 4.49. The van der Waals surface area contributed by atoms with Gasteiger partial charge in [-0.15, -0.1) is 0 Å². The van der Waals surface area contributed by atoms with Crippen LogP contribution < -0.4 is 5.73 Å². The molecule has 3 nitrogen and oxygen atoms in total. The van der Waals surface area contributed by atoms with Gasteiger partial charge in [-0.3, -0.25) is 4.79 Å². The molecule has 0 saturated heterocycles. The predicted octanol–water partition coefficient (Wildman–Crippen LogP) is 2.72. The van der Waals surface area contributed by atoms with Crippen molar-refractivity contribution in [2.45, 2.75) is 51.0 Å². The molecule has 0 aliphatic rings. The lowest BCUT2D eigenvalue weighted by Gasteiger charge is -2.27. The van der Waals surface area contributed by atoms with Crippen molar-refractivity contribution in [3.8, 4) is 0 Å². The number of unbranched alkanes of at least 4 members (excludes halogenated alkanes) is 3. The average Bonchev–Trinajstić information content (AvgIpc) is 2.35. The van der Waals surface area contributed by atoms with Crippen LogP contribution >= 0.6 is 0 Å². The number of benzene rings is 1. The fourth-order valence-corrected chi connectivity index (χ4v) is 2.22. The summed E-state index contributed by atoms with van der Waals surface area (Å²) in [7, 11) is 0. The van der Waals surface area contributed by atoms with E-state index in [-0.39, 0.29) is 6.42 Å². The minimum absolute atomic E-state index is 0.0108. The van der Waals surface area contributed by atoms with Crippen molar-refractivity contribution in [1.82, 2.24) is 0 Å². The Balaban J connectivity index is 2.72. The van der Waals surface area contributed by atoms with Crippen LogP contribution in [0.1, 0.15) is 51.0 Å². The van der Waals surface area contributed by atoms with Crippen molar-refractivity contribution in [2.75, 3.05) is 0 Å². The standard InChI is InChI=1S/C15H23NO2/c1-2-3-4-8-11-15(18,12-14(16)17)13-9-6-5-7-10-13/h5-7,9-10,18H,2-4,8,11-12H2,1H3,(H2,16,17). The highest BCUT2D eigenvalue weighted by Gasteiger charge is 2.30. The van der Waals surface area contributed by atoms with E-state index in [0.29, 0.717) is 6.42 Å². The third-order valence-corrected chi connectivity index (χ3v) is 3.22. The number of hydrogen-bond donors (Lipinski definition) is 2. The van der Waals surface area contributed by atoms with Gasteiger partial charge in [0.15, 0.2) is 0 Å². The molecule has 0 aliphatic heterocycles. The smallest absolute Gasteiger partial charge is 0.220 e. The molecule has 0 radical (unpaired) electrons. The Labute approximate surface area is 109 Å². The first-order chi connectivity index (χ1) is 8.58. The first-order valence-electron chi connectivity index (χ1n) is 6.64. The van der Waals surface area contributed by atoms with Gasteiger partial charge in [-0.25, -0.2) is 0 Å². The van der Waals surface area contributed by atoms with Crippen molar-refractivity contribution in [1.29, 1.82) is 0 Å². The molecule has 0 spiro atoms. The Bertz CT molecular complexity index is 364. The van der Waals surface area contributed by atoms with Gasteiger partial charge >= 0.3 is 0 Å². The summed E-state index contributed by atoms with van der Waals surface area (Å²) in [6.45, 7) is 2.15. The molecule has 1 atom stereocenters. The van der Waals surface area contributed by atoms with Gasteiger partial charge in [0, 0.05) is 0 Å². The summed E-state index contributed by atoms with van der Waals surface area (Å²) in [5.74, 6) is -0.461. The van der Waals surface area contributed by atoms with Crippen LogP contribution in [0.15, 0.2) is 30.3 Å². The summed E-state index contributed by atoms with van der Waals surface area (Å²) < 4.78 is 0. The fraction of sp³-hybridized carbons (Fsp3) is 0.533. The number of rotatable bonds is 8. The lowest BCUT2D eigenvalue weighted by molar-refractivity contribution is -0.123. The van der Waals surface area contributed by atoms with Crippen LogP contribution in [0.5, 0.6) is 0 Å². The van der Waals surface area contributed by atoms with Gasteiger partial charge in [0.25, 0.3) is 0 Å². The first-order valence-corrected chi connectivity index (χ1v) is 6.64. The third-order valence-electron chi connectivity index (χ3n) is 3.22. The van der Waals surface area contributed by atoms with Gasteiger partial charge in [0.2, 0.25) is 5.91 Å².